The standard InChI is InChI=1S/C29H33N3O4/c1-21(2)18-25(28(36)30-20-27(34)35)32-26(33)19-31-29(22-12-6-3-7-13-22,23-14-8-4-9-15-23)24-16-10-5-11-17-24/h3-17,21,25,31H,18-20H2,1-2H3,(H,30,36)(H,32,33)(H,34,35). The van der Waals surface area contributed by atoms with Crippen LogP contribution in [0.15, 0.2) is 91.0 Å². The van der Waals surface area contributed by atoms with Crippen LogP contribution >= 0.6 is 0 Å². The fraction of sp³-hybridized carbons (Fsp3) is 0.276. The second kappa shape index (κ2) is 12.7. The lowest BCUT2D eigenvalue weighted by atomic mass is 9.77. The molecule has 0 aliphatic carbocycles. The molecular weight excluding hydrogens is 454 g/mol. The lowest BCUT2D eigenvalue weighted by Gasteiger charge is -2.37. The van der Waals surface area contributed by atoms with E-state index in [-0.39, 0.29) is 18.4 Å². The number of carbonyl (C=O) groups is 3. The van der Waals surface area contributed by atoms with Crippen molar-refractivity contribution in [3.05, 3.63) is 108 Å². The van der Waals surface area contributed by atoms with E-state index < -0.39 is 30.0 Å². The van der Waals surface area contributed by atoms with Crippen molar-refractivity contribution >= 4 is 17.8 Å². The molecule has 0 aliphatic heterocycles. The first-order valence-electron chi connectivity index (χ1n) is 12.0. The van der Waals surface area contributed by atoms with Crippen LogP contribution in [0, 0.1) is 5.92 Å². The molecule has 0 saturated carbocycles. The lowest BCUT2D eigenvalue weighted by Crippen LogP contribution is -2.53. The number of amides is 2. The molecule has 1 atom stereocenters. The van der Waals surface area contributed by atoms with E-state index in [4.69, 9.17) is 5.11 Å². The van der Waals surface area contributed by atoms with Gasteiger partial charge in [-0.1, -0.05) is 105 Å². The topological polar surface area (TPSA) is 108 Å². The van der Waals surface area contributed by atoms with Crippen molar-refractivity contribution in [1.82, 2.24) is 16.0 Å². The molecule has 0 bridgehead atoms. The van der Waals surface area contributed by atoms with Crippen molar-refractivity contribution in [2.24, 2.45) is 5.92 Å². The van der Waals surface area contributed by atoms with Crippen LogP contribution in [0.1, 0.15) is 37.0 Å². The zero-order chi connectivity index (χ0) is 26.0. The summed E-state index contributed by atoms with van der Waals surface area (Å²) in [6.07, 6.45) is 0.387. The van der Waals surface area contributed by atoms with Crippen LogP contribution < -0.4 is 16.0 Å². The highest BCUT2D eigenvalue weighted by Crippen LogP contribution is 2.36. The van der Waals surface area contributed by atoms with Crippen LogP contribution in [0.5, 0.6) is 0 Å². The predicted molar refractivity (Wildman–Crippen MR) is 139 cm³/mol. The molecule has 3 aromatic rings. The highest BCUT2D eigenvalue weighted by molar-refractivity contribution is 5.90. The third kappa shape index (κ3) is 6.79. The molecule has 3 rings (SSSR count). The minimum Gasteiger partial charge on any atom is -0.480 e. The Hall–Kier alpha value is -3.97. The van der Waals surface area contributed by atoms with Gasteiger partial charge in [0, 0.05) is 0 Å². The first-order valence-corrected chi connectivity index (χ1v) is 12.0. The van der Waals surface area contributed by atoms with E-state index in [1.165, 1.54) is 0 Å². The van der Waals surface area contributed by atoms with Crippen molar-refractivity contribution in [1.29, 1.82) is 0 Å². The smallest absolute Gasteiger partial charge is 0.322 e. The number of aliphatic carboxylic acids is 1. The van der Waals surface area contributed by atoms with Crippen molar-refractivity contribution in [3.8, 4) is 0 Å². The molecule has 188 valence electrons. The van der Waals surface area contributed by atoms with E-state index in [0.29, 0.717) is 6.42 Å². The minimum atomic E-state index is -1.14. The van der Waals surface area contributed by atoms with Gasteiger partial charge >= 0.3 is 5.97 Å². The van der Waals surface area contributed by atoms with E-state index in [9.17, 15) is 14.4 Å². The number of rotatable bonds is 12. The number of nitrogens with one attached hydrogen (secondary N) is 3. The molecule has 2 amide bonds. The zero-order valence-electron chi connectivity index (χ0n) is 20.6. The molecule has 0 fully saturated rings. The third-order valence-corrected chi connectivity index (χ3v) is 5.91. The number of carboxylic acids is 1. The fourth-order valence-electron chi connectivity index (χ4n) is 4.32. The molecule has 36 heavy (non-hydrogen) atoms. The summed E-state index contributed by atoms with van der Waals surface area (Å²) < 4.78 is 0. The molecule has 3 aromatic carbocycles. The second-order valence-corrected chi connectivity index (χ2v) is 9.06. The van der Waals surface area contributed by atoms with Gasteiger partial charge in [0.25, 0.3) is 0 Å². The molecule has 0 aromatic heterocycles. The van der Waals surface area contributed by atoms with E-state index in [2.05, 4.69) is 16.0 Å². The summed E-state index contributed by atoms with van der Waals surface area (Å²) in [5.74, 6) is -1.90. The van der Waals surface area contributed by atoms with Gasteiger partial charge in [-0.3, -0.25) is 19.7 Å². The van der Waals surface area contributed by atoms with Gasteiger partial charge in [-0.05, 0) is 29.0 Å². The Labute approximate surface area is 211 Å². The van der Waals surface area contributed by atoms with Gasteiger partial charge in [0.1, 0.15) is 12.6 Å². The summed E-state index contributed by atoms with van der Waals surface area (Å²) in [4.78, 5) is 36.6. The van der Waals surface area contributed by atoms with E-state index in [1.54, 1.807) is 0 Å². The maximum atomic E-state index is 13.1. The Morgan fingerprint density at radius 2 is 1.19 bits per heavy atom. The molecule has 4 N–H and O–H groups in total. The van der Waals surface area contributed by atoms with Crippen LogP contribution in [0.2, 0.25) is 0 Å². The van der Waals surface area contributed by atoms with Crippen LogP contribution in [0.4, 0.5) is 0 Å². The lowest BCUT2D eigenvalue weighted by molar-refractivity contribution is -0.138. The zero-order valence-corrected chi connectivity index (χ0v) is 20.6. The van der Waals surface area contributed by atoms with Crippen molar-refractivity contribution in [2.45, 2.75) is 31.8 Å². The third-order valence-electron chi connectivity index (χ3n) is 5.91. The SMILES string of the molecule is CC(C)CC(NC(=O)CNC(c1ccccc1)(c1ccccc1)c1ccccc1)C(=O)NCC(=O)O. The summed E-state index contributed by atoms with van der Waals surface area (Å²) >= 11 is 0. The maximum absolute atomic E-state index is 13.1. The number of benzene rings is 3. The average molecular weight is 488 g/mol. The Balaban J connectivity index is 1.91. The van der Waals surface area contributed by atoms with Crippen molar-refractivity contribution in [3.63, 3.8) is 0 Å². The summed E-state index contributed by atoms with van der Waals surface area (Å²) in [6, 6.07) is 28.9. The minimum absolute atomic E-state index is 0.0700. The molecular formula is C29H33N3O4. The predicted octanol–water partition coefficient (Wildman–Crippen LogP) is 3.30. The highest BCUT2D eigenvalue weighted by atomic mass is 16.4. The summed E-state index contributed by atoms with van der Waals surface area (Å²) in [5.41, 5.74) is 2.08. The fourth-order valence-corrected chi connectivity index (χ4v) is 4.32. The number of hydrogen-bond acceptors (Lipinski definition) is 4. The maximum Gasteiger partial charge on any atom is 0.322 e. The van der Waals surface area contributed by atoms with Crippen LogP contribution in [0.3, 0.4) is 0 Å². The second-order valence-electron chi connectivity index (χ2n) is 9.06. The van der Waals surface area contributed by atoms with Crippen LogP contribution in [0.25, 0.3) is 0 Å². The molecule has 0 spiro atoms. The van der Waals surface area contributed by atoms with E-state index >= 15 is 0 Å². The Bertz CT molecular complexity index is 1040. The van der Waals surface area contributed by atoms with Gasteiger partial charge in [-0.25, -0.2) is 0 Å². The molecule has 7 nitrogen and oxygen atoms in total. The highest BCUT2D eigenvalue weighted by Gasteiger charge is 2.36. The van der Waals surface area contributed by atoms with Gasteiger partial charge in [0.05, 0.1) is 12.1 Å². The van der Waals surface area contributed by atoms with Crippen molar-refractivity contribution in [2.75, 3.05) is 13.1 Å². The first-order chi connectivity index (χ1) is 17.3. The summed E-state index contributed by atoms with van der Waals surface area (Å²) in [7, 11) is 0. The van der Waals surface area contributed by atoms with E-state index in [0.717, 1.165) is 16.7 Å². The normalized spacial score (nSPS) is 12.1. The quantitative estimate of drug-likeness (QED) is 0.293. The van der Waals surface area contributed by atoms with Gasteiger partial charge in [0.15, 0.2) is 0 Å². The summed E-state index contributed by atoms with van der Waals surface area (Å²) in [6.45, 7) is 3.31. The molecule has 1 unspecified atom stereocenters. The number of carboxylic acid groups (broad SMARTS) is 1. The summed E-state index contributed by atoms with van der Waals surface area (Å²) in [5, 5.41) is 17.5. The molecule has 0 aliphatic rings. The monoisotopic (exact) mass is 487 g/mol. The number of carbonyl (C=O) groups excluding carboxylic acids is 2. The first kappa shape index (κ1) is 26.6. The Morgan fingerprint density at radius 1 is 0.750 bits per heavy atom. The molecule has 0 radical (unpaired) electrons. The van der Waals surface area contributed by atoms with Gasteiger partial charge < -0.3 is 15.7 Å². The Morgan fingerprint density at radius 3 is 1.58 bits per heavy atom. The number of hydrogen-bond donors (Lipinski definition) is 4. The van der Waals surface area contributed by atoms with Crippen LogP contribution in [-0.4, -0.2) is 42.0 Å². The average Bonchev–Trinajstić information content (AvgIpc) is 2.89. The van der Waals surface area contributed by atoms with Gasteiger partial charge in [0.2, 0.25) is 11.8 Å². The van der Waals surface area contributed by atoms with Crippen LogP contribution in [-0.2, 0) is 19.9 Å². The van der Waals surface area contributed by atoms with Gasteiger partial charge in [-0.2, -0.15) is 0 Å². The van der Waals surface area contributed by atoms with Gasteiger partial charge in [-0.15, -0.1) is 0 Å². The molecule has 7 heteroatoms. The molecule has 0 saturated heterocycles. The largest absolute Gasteiger partial charge is 0.480 e. The van der Waals surface area contributed by atoms with E-state index in [1.807, 2.05) is 105 Å². The van der Waals surface area contributed by atoms with Crippen molar-refractivity contribution < 1.29 is 19.5 Å². The molecule has 0 heterocycles. The Kier molecular flexibility index (Phi) is 9.36.